The molecule has 51 heavy (non-hydrogen) atoms. The van der Waals surface area contributed by atoms with Gasteiger partial charge in [0.2, 0.25) is 12.0 Å². The van der Waals surface area contributed by atoms with Gasteiger partial charge in [-0.2, -0.15) is 4.99 Å². The molecule has 2 aliphatic carbocycles. The van der Waals surface area contributed by atoms with Crippen LogP contribution in [0.25, 0.3) is 44.9 Å². The number of allylic oxidation sites excluding steroid dienone is 1. The molecule has 1 aromatic heterocycles. The second kappa shape index (κ2) is 11.4. The molecular formula is C48H40N3+. The maximum atomic E-state index is 5.35. The quantitative estimate of drug-likeness (QED) is 0.190. The molecule has 7 aromatic rings. The molecule has 0 radical (unpaired) electrons. The predicted molar refractivity (Wildman–Crippen MR) is 211 cm³/mol. The Hall–Kier alpha value is -5.77. The Morgan fingerprint density at radius 3 is 2.18 bits per heavy atom. The van der Waals surface area contributed by atoms with Gasteiger partial charge in [0, 0.05) is 33.3 Å². The van der Waals surface area contributed by atoms with Crippen molar-refractivity contribution in [3.63, 3.8) is 0 Å². The molecule has 6 aromatic carbocycles. The number of amidine groups is 1. The zero-order valence-electron chi connectivity index (χ0n) is 29.3. The lowest BCUT2D eigenvalue weighted by Gasteiger charge is -2.34. The van der Waals surface area contributed by atoms with E-state index in [1.54, 1.807) is 0 Å². The average Bonchev–Trinajstić information content (AvgIpc) is 3.58. The fourth-order valence-corrected chi connectivity index (χ4v) is 8.87. The zero-order chi connectivity index (χ0) is 34.3. The third kappa shape index (κ3) is 4.65. The molecule has 1 aliphatic heterocycles. The Morgan fingerprint density at radius 1 is 0.667 bits per heavy atom. The van der Waals surface area contributed by atoms with Gasteiger partial charge in [0.25, 0.3) is 0 Å². The minimum Gasteiger partial charge on any atom is -0.313 e. The lowest BCUT2D eigenvalue weighted by molar-refractivity contribution is -0.792. The van der Waals surface area contributed by atoms with Gasteiger partial charge >= 0.3 is 0 Å². The van der Waals surface area contributed by atoms with Gasteiger partial charge in [-0.05, 0) is 94.3 Å². The average molecular weight is 659 g/mol. The minimum absolute atomic E-state index is 0.0368. The number of aliphatic imine (C=N–C) groups is 1. The van der Waals surface area contributed by atoms with Crippen LogP contribution in [0.4, 0.5) is 5.69 Å². The molecule has 0 saturated carbocycles. The molecule has 3 unspecified atom stereocenters. The van der Waals surface area contributed by atoms with Crippen molar-refractivity contribution in [2.75, 3.05) is 0 Å². The van der Waals surface area contributed by atoms with E-state index in [2.05, 4.69) is 183 Å². The van der Waals surface area contributed by atoms with Crippen LogP contribution in [0.1, 0.15) is 60.4 Å². The first-order chi connectivity index (χ1) is 25.0. The highest BCUT2D eigenvalue weighted by molar-refractivity contribution is 6.00. The second-order valence-corrected chi connectivity index (χ2v) is 15.0. The van der Waals surface area contributed by atoms with Crippen LogP contribution in [0.3, 0.4) is 0 Å². The second-order valence-electron chi connectivity index (χ2n) is 15.0. The van der Waals surface area contributed by atoms with E-state index in [1.807, 2.05) is 0 Å². The topological polar surface area (TPSA) is 21.7 Å². The lowest BCUT2D eigenvalue weighted by atomic mass is 9.82. The van der Waals surface area contributed by atoms with Crippen molar-refractivity contribution in [2.45, 2.75) is 38.8 Å². The highest BCUT2D eigenvalue weighted by Crippen LogP contribution is 2.51. The van der Waals surface area contributed by atoms with Crippen molar-refractivity contribution < 1.29 is 4.90 Å². The number of rotatable bonds is 5. The summed E-state index contributed by atoms with van der Waals surface area (Å²) < 4.78 is 2.56. The number of fused-ring (bicyclic) bond motifs is 6. The van der Waals surface area contributed by atoms with Crippen molar-refractivity contribution in [2.24, 2.45) is 10.9 Å². The van der Waals surface area contributed by atoms with Gasteiger partial charge in [-0.25, -0.2) is 4.90 Å². The summed E-state index contributed by atoms with van der Waals surface area (Å²) in [6.07, 6.45) is 5.73. The van der Waals surface area contributed by atoms with E-state index < -0.39 is 0 Å². The summed E-state index contributed by atoms with van der Waals surface area (Å²) in [5.74, 6) is 1.56. The smallest absolute Gasteiger partial charge is 0.241 e. The highest BCUT2D eigenvalue weighted by Gasteiger charge is 2.41. The molecule has 0 bridgehead atoms. The summed E-state index contributed by atoms with van der Waals surface area (Å²) in [5, 5.41) is 1.34. The maximum absolute atomic E-state index is 5.35. The summed E-state index contributed by atoms with van der Waals surface area (Å²) in [6.45, 7) is 7.08. The predicted octanol–water partition coefficient (Wildman–Crippen LogP) is 10.5. The van der Waals surface area contributed by atoms with Gasteiger partial charge in [-0.1, -0.05) is 130 Å². The standard InChI is InChI=1S/C48H39N3/c1-31-21-26-39-41-29-40-38-19-10-11-20-42(38)48(2,3)43(40)30-45(41)50(44(39)27-31)37-18-12-15-35(28-37)47-49-46(51(47)36-16-8-5-9-17-36)34-24-22-33(23-25-34)32-13-6-4-7-14-32/h4-26,28-31,47H,27H2,1-3H3/p+1. The van der Waals surface area contributed by atoms with E-state index in [1.165, 1.54) is 77.4 Å². The van der Waals surface area contributed by atoms with Gasteiger partial charge in [0.05, 0.1) is 11.1 Å². The Balaban J connectivity index is 1.09. The third-order valence-corrected chi connectivity index (χ3v) is 11.5. The van der Waals surface area contributed by atoms with E-state index in [4.69, 9.17) is 4.99 Å². The molecule has 246 valence electrons. The summed E-state index contributed by atoms with van der Waals surface area (Å²) in [6, 6.07) is 53.4. The van der Waals surface area contributed by atoms with Gasteiger partial charge < -0.3 is 4.57 Å². The van der Waals surface area contributed by atoms with Crippen LogP contribution in [-0.4, -0.2) is 10.4 Å². The monoisotopic (exact) mass is 658 g/mol. The number of para-hydroxylation sites is 1. The first kappa shape index (κ1) is 30.1. The number of nitrogens with one attached hydrogen (secondary N) is 1. The van der Waals surface area contributed by atoms with Crippen molar-refractivity contribution >= 4 is 28.5 Å². The first-order valence-corrected chi connectivity index (χ1v) is 18.2. The number of benzene rings is 6. The maximum Gasteiger partial charge on any atom is 0.241 e. The normalized spacial score (nSPS) is 19.6. The van der Waals surface area contributed by atoms with Crippen molar-refractivity contribution in [1.29, 1.82) is 0 Å². The number of nitrogens with zero attached hydrogens (tertiary/aromatic N) is 2. The minimum atomic E-state index is -0.0589. The largest absolute Gasteiger partial charge is 0.313 e. The van der Waals surface area contributed by atoms with Crippen LogP contribution < -0.4 is 4.90 Å². The molecule has 3 nitrogen and oxygen atoms in total. The van der Waals surface area contributed by atoms with Gasteiger partial charge in [0.1, 0.15) is 5.69 Å². The van der Waals surface area contributed by atoms with Crippen LogP contribution >= 0.6 is 0 Å². The van der Waals surface area contributed by atoms with Crippen LogP contribution in [0.2, 0.25) is 0 Å². The fourth-order valence-electron chi connectivity index (χ4n) is 8.87. The first-order valence-electron chi connectivity index (χ1n) is 18.2. The summed E-state index contributed by atoms with van der Waals surface area (Å²) >= 11 is 0. The molecule has 0 saturated heterocycles. The molecule has 3 atom stereocenters. The molecule has 2 heterocycles. The van der Waals surface area contributed by atoms with Gasteiger partial charge in [-0.15, -0.1) is 0 Å². The summed E-state index contributed by atoms with van der Waals surface area (Å²) in [4.78, 5) is 6.64. The molecule has 3 heteroatoms. The Kier molecular flexibility index (Phi) is 6.71. The lowest BCUT2D eigenvalue weighted by Crippen LogP contribution is -3.14. The summed E-state index contributed by atoms with van der Waals surface area (Å²) in [5.41, 5.74) is 16.8. The molecule has 10 rings (SSSR count). The molecule has 3 aliphatic rings. The highest BCUT2D eigenvalue weighted by atomic mass is 15.4. The van der Waals surface area contributed by atoms with E-state index in [9.17, 15) is 0 Å². The molecule has 1 N–H and O–H groups in total. The summed E-state index contributed by atoms with van der Waals surface area (Å²) in [7, 11) is 0. The molecular weight excluding hydrogens is 619 g/mol. The molecule has 0 spiro atoms. The van der Waals surface area contributed by atoms with E-state index in [-0.39, 0.29) is 11.6 Å². The number of hydrogen-bond acceptors (Lipinski definition) is 1. The van der Waals surface area contributed by atoms with Crippen LogP contribution in [0, 0.1) is 5.92 Å². The molecule has 0 fully saturated rings. The van der Waals surface area contributed by atoms with E-state index in [0.717, 1.165) is 17.8 Å². The number of hydrogen-bond donors (Lipinski definition) is 1. The Labute approximate surface area is 299 Å². The molecule has 0 amide bonds. The van der Waals surface area contributed by atoms with E-state index >= 15 is 0 Å². The Bertz CT molecular complexity index is 2530. The van der Waals surface area contributed by atoms with Crippen LogP contribution in [0.15, 0.2) is 157 Å². The van der Waals surface area contributed by atoms with Crippen LogP contribution in [0.5, 0.6) is 0 Å². The third-order valence-electron chi connectivity index (χ3n) is 11.5. The van der Waals surface area contributed by atoms with Gasteiger partial charge in [0.15, 0.2) is 0 Å². The van der Waals surface area contributed by atoms with Crippen molar-refractivity contribution in [1.82, 2.24) is 4.57 Å². The fraction of sp³-hybridized carbons (Fsp3) is 0.146. The Morgan fingerprint density at radius 2 is 1.37 bits per heavy atom. The van der Waals surface area contributed by atoms with Crippen molar-refractivity contribution in [3.8, 4) is 27.9 Å². The van der Waals surface area contributed by atoms with E-state index in [0.29, 0.717) is 5.92 Å². The zero-order valence-corrected chi connectivity index (χ0v) is 29.3. The SMILES string of the molecule is CC1C=Cc2c(n(-c3cccc(C4N=C(c5ccc(-c6ccccc6)cc5)[NH+]4c4ccccc4)c3)c3cc4c(cc23)-c2ccccc2C4(C)C)C1. The number of quaternary nitrogens is 1. The van der Waals surface area contributed by atoms with Crippen LogP contribution in [-0.2, 0) is 11.8 Å². The van der Waals surface area contributed by atoms with Crippen molar-refractivity contribution in [3.05, 3.63) is 185 Å². The van der Waals surface area contributed by atoms with Gasteiger partial charge in [-0.3, -0.25) is 0 Å². The number of aromatic nitrogens is 1.